The quantitative estimate of drug-likeness (QED) is 0.794. The summed E-state index contributed by atoms with van der Waals surface area (Å²) in [6.45, 7) is 9.77. The number of nitrogens with two attached hydrogens (primary N) is 1. The molecule has 0 bridgehead atoms. The van der Waals surface area contributed by atoms with E-state index in [1.807, 2.05) is 18.2 Å². The largest absolute Gasteiger partial charge is 0.397 e. The number of anilines is 2. The van der Waals surface area contributed by atoms with Crippen LogP contribution < -0.4 is 11.1 Å². The summed E-state index contributed by atoms with van der Waals surface area (Å²) in [5.41, 5.74) is 8.67. The summed E-state index contributed by atoms with van der Waals surface area (Å²) in [6.07, 6.45) is 1.78. The molecule has 1 heterocycles. The maximum Gasteiger partial charge on any atom is 0.0951 e. The van der Waals surface area contributed by atoms with E-state index in [9.17, 15) is 0 Å². The van der Waals surface area contributed by atoms with Crippen LogP contribution in [0.2, 0.25) is 0 Å². The Bertz CT molecular complexity index is 563. The van der Waals surface area contributed by atoms with Crippen LogP contribution in [0.25, 0.3) is 10.9 Å². The molecular formula is C16H24N4. The van der Waals surface area contributed by atoms with Crippen LogP contribution in [0.15, 0.2) is 30.5 Å². The van der Waals surface area contributed by atoms with Crippen LogP contribution in [0.5, 0.6) is 0 Å². The van der Waals surface area contributed by atoms with Gasteiger partial charge in [0.05, 0.1) is 11.2 Å². The molecule has 4 heteroatoms. The van der Waals surface area contributed by atoms with E-state index in [1.54, 1.807) is 6.20 Å². The van der Waals surface area contributed by atoms with E-state index in [0.29, 0.717) is 6.04 Å². The van der Waals surface area contributed by atoms with Gasteiger partial charge in [-0.3, -0.25) is 4.98 Å². The van der Waals surface area contributed by atoms with Gasteiger partial charge in [0.25, 0.3) is 0 Å². The number of likely N-dealkylation sites (N-methyl/N-ethyl adjacent to an activating group) is 1. The van der Waals surface area contributed by atoms with Gasteiger partial charge in [-0.25, -0.2) is 0 Å². The van der Waals surface area contributed by atoms with E-state index in [4.69, 9.17) is 5.73 Å². The summed E-state index contributed by atoms with van der Waals surface area (Å²) in [7, 11) is 0. The fourth-order valence-electron chi connectivity index (χ4n) is 2.50. The number of benzene rings is 1. The van der Waals surface area contributed by atoms with E-state index in [2.05, 4.69) is 42.0 Å². The van der Waals surface area contributed by atoms with Crippen LogP contribution in [0.4, 0.5) is 11.4 Å². The van der Waals surface area contributed by atoms with Gasteiger partial charge in [0, 0.05) is 29.9 Å². The molecule has 3 N–H and O–H groups in total. The zero-order valence-electron chi connectivity index (χ0n) is 12.6. The second-order valence-electron chi connectivity index (χ2n) is 5.13. The highest BCUT2D eigenvalue weighted by atomic mass is 15.1. The molecule has 2 aromatic rings. The number of aromatic nitrogens is 1. The van der Waals surface area contributed by atoms with Crippen molar-refractivity contribution in [2.24, 2.45) is 0 Å². The van der Waals surface area contributed by atoms with Crippen molar-refractivity contribution in [1.29, 1.82) is 0 Å². The second-order valence-corrected chi connectivity index (χ2v) is 5.13. The van der Waals surface area contributed by atoms with Crippen LogP contribution in [-0.2, 0) is 0 Å². The maximum absolute atomic E-state index is 5.98. The molecule has 0 amide bonds. The molecule has 2 rings (SSSR count). The zero-order chi connectivity index (χ0) is 14.5. The molecule has 1 atom stereocenters. The van der Waals surface area contributed by atoms with Crippen molar-refractivity contribution < 1.29 is 0 Å². The van der Waals surface area contributed by atoms with Crippen molar-refractivity contribution in [2.45, 2.75) is 26.8 Å². The lowest BCUT2D eigenvalue weighted by molar-refractivity contribution is 0.295. The molecule has 0 aliphatic carbocycles. The summed E-state index contributed by atoms with van der Waals surface area (Å²) in [6, 6.07) is 8.34. The number of nitrogen functional groups attached to an aromatic ring is 1. The Balaban J connectivity index is 2.19. The van der Waals surface area contributed by atoms with Gasteiger partial charge in [-0.2, -0.15) is 0 Å². The van der Waals surface area contributed by atoms with Gasteiger partial charge in [-0.15, -0.1) is 0 Å². The monoisotopic (exact) mass is 272 g/mol. The minimum absolute atomic E-state index is 0.377. The molecular weight excluding hydrogens is 248 g/mol. The minimum atomic E-state index is 0.377. The lowest BCUT2D eigenvalue weighted by Gasteiger charge is -2.24. The smallest absolute Gasteiger partial charge is 0.0951 e. The molecule has 0 saturated carbocycles. The second kappa shape index (κ2) is 6.57. The van der Waals surface area contributed by atoms with Gasteiger partial charge < -0.3 is 16.0 Å². The Hall–Kier alpha value is -1.81. The molecule has 0 fully saturated rings. The molecule has 1 aromatic carbocycles. The highest BCUT2D eigenvalue weighted by Gasteiger charge is 2.10. The van der Waals surface area contributed by atoms with Gasteiger partial charge in [0.15, 0.2) is 0 Å². The Morgan fingerprint density at radius 1 is 1.25 bits per heavy atom. The standard InChI is InChI=1S/C16H24N4/c1-4-20(5-2)11-12(3)19-15-9-8-14(17)16-13(15)7-6-10-18-16/h6-10,12,19H,4-5,11,17H2,1-3H3. The molecule has 0 saturated heterocycles. The fraction of sp³-hybridized carbons (Fsp3) is 0.438. The Morgan fingerprint density at radius 3 is 2.70 bits per heavy atom. The number of pyridine rings is 1. The first-order valence-electron chi connectivity index (χ1n) is 7.27. The molecule has 4 nitrogen and oxygen atoms in total. The first-order valence-corrected chi connectivity index (χ1v) is 7.27. The summed E-state index contributed by atoms with van der Waals surface area (Å²) >= 11 is 0. The van der Waals surface area contributed by atoms with E-state index < -0.39 is 0 Å². The Labute approximate surface area is 121 Å². The highest BCUT2D eigenvalue weighted by molar-refractivity contribution is 5.98. The third-order valence-electron chi connectivity index (χ3n) is 3.63. The number of nitrogens with zero attached hydrogens (tertiary/aromatic N) is 2. The van der Waals surface area contributed by atoms with Crippen LogP contribution in [-0.4, -0.2) is 35.6 Å². The van der Waals surface area contributed by atoms with Crippen molar-refractivity contribution in [1.82, 2.24) is 9.88 Å². The lowest BCUT2D eigenvalue weighted by Crippen LogP contribution is -2.34. The Kier molecular flexibility index (Phi) is 4.79. The van der Waals surface area contributed by atoms with Crippen LogP contribution in [0.1, 0.15) is 20.8 Å². The number of hydrogen-bond acceptors (Lipinski definition) is 4. The predicted octanol–water partition coefficient (Wildman–Crippen LogP) is 2.96. The van der Waals surface area contributed by atoms with Crippen molar-refractivity contribution in [3.8, 4) is 0 Å². The SMILES string of the molecule is CCN(CC)CC(C)Nc1ccc(N)c2ncccc12. The van der Waals surface area contributed by atoms with Crippen molar-refractivity contribution in [3.63, 3.8) is 0 Å². The van der Waals surface area contributed by atoms with Crippen LogP contribution in [0.3, 0.4) is 0 Å². The summed E-state index contributed by atoms with van der Waals surface area (Å²) in [5, 5.41) is 4.66. The van der Waals surface area contributed by atoms with Gasteiger partial charge in [0.1, 0.15) is 0 Å². The van der Waals surface area contributed by atoms with E-state index in [1.165, 1.54) is 0 Å². The third kappa shape index (κ3) is 3.20. The topological polar surface area (TPSA) is 54.2 Å². The lowest BCUT2D eigenvalue weighted by atomic mass is 10.1. The fourth-order valence-corrected chi connectivity index (χ4v) is 2.50. The molecule has 0 spiro atoms. The van der Waals surface area contributed by atoms with Gasteiger partial charge in [-0.05, 0) is 44.3 Å². The van der Waals surface area contributed by atoms with Crippen LogP contribution >= 0.6 is 0 Å². The summed E-state index contributed by atoms with van der Waals surface area (Å²) < 4.78 is 0. The predicted molar refractivity (Wildman–Crippen MR) is 87.0 cm³/mol. The Morgan fingerprint density at radius 2 is 2.00 bits per heavy atom. The third-order valence-corrected chi connectivity index (χ3v) is 3.63. The van der Waals surface area contributed by atoms with Gasteiger partial charge >= 0.3 is 0 Å². The average molecular weight is 272 g/mol. The molecule has 1 unspecified atom stereocenters. The molecule has 1 aromatic heterocycles. The molecule has 0 aliphatic heterocycles. The zero-order valence-corrected chi connectivity index (χ0v) is 12.6. The minimum Gasteiger partial charge on any atom is -0.397 e. The van der Waals surface area contributed by atoms with E-state index in [0.717, 1.165) is 41.9 Å². The first kappa shape index (κ1) is 14.6. The maximum atomic E-state index is 5.98. The molecule has 0 aliphatic rings. The first-order chi connectivity index (χ1) is 9.65. The molecule has 108 valence electrons. The number of nitrogens with one attached hydrogen (secondary N) is 1. The number of rotatable bonds is 6. The normalized spacial score (nSPS) is 12.8. The van der Waals surface area contributed by atoms with E-state index in [-0.39, 0.29) is 0 Å². The van der Waals surface area contributed by atoms with E-state index >= 15 is 0 Å². The van der Waals surface area contributed by atoms with Gasteiger partial charge in [0.2, 0.25) is 0 Å². The number of fused-ring (bicyclic) bond motifs is 1. The summed E-state index contributed by atoms with van der Waals surface area (Å²) in [5.74, 6) is 0. The van der Waals surface area contributed by atoms with Gasteiger partial charge in [-0.1, -0.05) is 13.8 Å². The van der Waals surface area contributed by atoms with Crippen molar-refractivity contribution >= 4 is 22.3 Å². The highest BCUT2D eigenvalue weighted by Crippen LogP contribution is 2.26. The average Bonchev–Trinajstić information content (AvgIpc) is 2.48. The van der Waals surface area contributed by atoms with Crippen LogP contribution in [0, 0.1) is 0 Å². The number of hydrogen-bond donors (Lipinski definition) is 2. The molecule has 0 radical (unpaired) electrons. The molecule has 20 heavy (non-hydrogen) atoms. The van der Waals surface area contributed by atoms with Crippen molar-refractivity contribution in [3.05, 3.63) is 30.5 Å². The van der Waals surface area contributed by atoms with Crippen molar-refractivity contribution in [2.75, 3.05) is 30.7 Å². The summed E-state index contributed by atoms with van der Waals surface area (Å²) in [4.78, 5) is 6.78.